The Bertz CT molecular complexity index is 691. The van der Waals surface area contributed by atoms with Crippen LogP contribution in [0.1, 0.15) is 194 Å². The van der Waals surface area contributed by atoms with Crippen LogP contribution in [0.2, 0.25) is 0 Å². The SMILES string of the molecule is CCCCCCCCCCCCCCCC(=S)OC[C@H](O)[C@H]1OC[C@@H](O)[C@H]1OC(=S)CCCCCCCCCCCCCCC. The number of thiocarbonyl (C=S) groups is 2. The molecule has 0 radical (unpaired) electrons. The first-order valence-electron chi connectivity index (χ1n) is 19.3. The van der Waals surface area contributed by atoms with Gasteiger partial charge in [-0.3, -0.25) is 0 Å². The van der Waals surface area contributed by atoms with E-state index in [1.165, 1.54) is 141 Å². The van der Waals surface area contributed by atoms with E-state index in [1.54, 1.807) is 0 Å². The summed E-state index contributed by atoms with van der Waals surface area (Å²) in [5.74, 6) is 0. The van der Waals surface area contributed by atoms with Gasteiger partial charge in [0.25, 0.3) is 0 Å². The quantitative estimate of drug-likeness (QED) is 0.0544. The third-order valence-electron chi connectivity index (χ3n) is 9.19. The van der Waals surface area contributed by atoms with Gasteiger partial charge in [0, 0.05) is 12.8 Å². The molecule has 0 unspecified atom stereocenters. The summed E-state index contributed by atoms with van der Waals surface area (Å²) < 4.78 is 17.3. The zero-order chi connectivity index (χ0) is 32.8. The van der Waals surface area contributed by atoms with Crippen LogP contribution in [0.25, 0.3) is 0 Å². The fraction of sp³-hybridized carbons (Fsp3) is 0.947. The van der Waals surface area contributed by atoms with Gasteiger partial charge in [-0.25, -0.2) is 0 Å². The number of aliphatic hydroxyl groups is 2. The third kappa shape index (κ3) is 24.5. The van der Waals surface area contributed by atoms with Crippen molar-refractivity contribution in [3.8, 4) is 0 Å². The van der Waals surface area contributed by atoms with Crippen molar-refractivity contribution in [3.63, 3.8) is 0 Å². The van der Waals surface area contributed by atoms with Crippen LogP contribution < -0.4 is 0 Å². The maximum Gasteiger partial charge on any atom is 0.160 e. The maximum atomic E-state index is 10.7. The number of ether oxygens (including phenoxy) is 3. The van der Waals surface area contributed by atoms with Crippen LogP contribution in [0.15, 0.2) is 0 Å². The summed E-state index contributed by atoms with van der Waals surface area (Å²) in [5.41, 5.74) is 0. The largest absolute Gasteiger partial charge is 0.484 e. The lowest BCUT2D eigenvalue weighted by Crippen LogP contribution is -2.43. The Morgan fingerprint density at radius 1 is 0.600 bits per heavy atom. The molecule has 45 heavy (non-hydrogen) atoms. The van der Waals surface area contributed by atoms with Crippen molar-refractivity contribution in [2.24, 2.45) is 0 Å². The van der Waals surface area contributed by atoms with Crippen LogP contribution >= 0.6 is 24.4 Å². The van der Waals surface area contributed by atoms with E-state index in [4.69, 9.17) is 38.6 Å². The second kappa shape index (κ2) is 31.0. The van der Waals surface area contributed by atoms with Crippen LogP contribution in [-0.4, -0.2) is 57.9 Å². The predicted octanol–water partition coefficient (Wildman–Crippen LogP) is 11.1. The van der Waals surface area contributed by atoms with E-state index in [9.17, 15) is 10.2 Å². The fourth-order valence-electron chi connectivity index (χ4n) is 6.22. The molecule has 1 fully saturated rings. The minimum atomic E-state index is -0.934. The maximum absolute atomic E-state index is 10.7. The molecule has 0 spiro atoms. The van der Waals surface area contributed by atoms with Gasteiger partial charge in [-0.15, -0.1) is 0 Å². The molecule has 266 valence electrons. The smallest absolute Gasteiger partial charge is 0.160 e. The molecule has 0 aromatic heterocycles. The fourth-order valence-corrected chi connectivity index (χ4v) is 6.69. The Morgan fingerprint density at radius 3 is 1.36 bits per heavy atom. The molecule has 0 amide bonds. The normalized spacial score (nSPS) is 18.7. The topological polar surface area (TPSA) is 68.2 Å². The van der Waals surface area contributed by atoms with Gasteiger partial charge >= 0.3 is 0 Å². The predicted molar refractivity (Wildman–Crippen MR) is 198 cm³/mol. The molecule has 5 nitrogen and oxygen atoms in total. The Morgan fingerprint density at radius 2 is 0.956 bits per heavy atom. The first kappa shape index (κ1) is 42.7. The van der Waals surface area contributed by atoms with Gasteiger partial charge in [0.1, 0.15) is 24.9 Å². The molecule has 4 atom stereocenters. The highest BCUT2D eigenvalue weighted by atomic mass is 32.1. The molecule has 1 saturated heterocycles. The average molecular weight is 673 g/mol. The number of hydrogen-bond donors (Lipinski definition) is 2. The minimum absolute atomic E-state index is 0.0418. The molecule has 7 heteroatoms. The van der Waals surface area contributed by atoms with Crippen molar-refractivity contribution in [2.45, 2.75) is 218 Å². The Labute approximate surface area is 289 Å². The van der Waals surface area contributed by atoms with Gasteiger partial charge in [-0.05, 0) is 37.3 Å². The summed E-state index contributed by atoms with van der Waals surface area (Å²) in [5, 5.41) is 22.2. The van der Waals surface area contributed by atoms with Gasteiger partial charge < -0.3 is 24.4 Å². The molecule has 1 aliphatic rings. The number of hydrogen-bond acceptors (Lipinski definition) is 7. The first-order valence-corrected chi connectivity index (χ1v) is 20.1. The van der Waals surface area contributed by atoms with E-state index in [0.717, 1.165) is 32.1 Å². The molecule has 0 bridgehead atoms. The highest BCUT2D eigenvalue weighted by Crippen LogP contribution is 2.23. The minimum Gasteiger partial charge on any atom is -0.484 e. The lowest BCUT2D eigenvalue weighted by atomic mass is 10.0. The summed E-state index contributed by atoms with van der Waals surface area (Å²) in [6, 6.07) is 0. The first-order chi connectivity index (χ1) is 22.0. The molecular weight excluding hydrogens is 601 g/mol. The van der Waals surface area contributed by atoms with E-state index in [1.807, 2.05) is 0 Å². The molecule has 2 N–H and O–H groups in total. The highest BCUT2D eigenvalue weighted by molar-refractivity contribution is 7.80. The van der Waals surface area contributed by atoms with Gasteiger partial charge in [0.2, 0.25) is 0 Å². The summed E-state index contributed by atoms with van der Waals surface area (Å²) in [6.45, 7) is 4.71. The molecule has 1 aliphatic heterocycles. The second-order valence-electron chi connectivity index (χ2n) is 13.6. The summed E-state index contributed by atoms with van der Waals surface area (Å²) in [6.07, 6.45) is 32.4. The van der Waals surface area contributed by atoms with Crippen molar-refractivity contribution < 1.29 is 24.4 Å². The Balaban J connectivity index is 2.05. The highest BCUT2D eigenvalue weighted by Gasteiger charge is 2.43. The van der Waals surface area contributed by atoms with E-state index in [-0.39, 0.29) is 13.2 Å². The van der Waals surface area contributed by atoms with E-state index in [2.05, 4.69) is 13.8 Å². The van der Waals surface area contributed by atoms with E-state index < -0.39 is 24.4 Å². The van der Waals surface area contributed by atoms with Crippen LogP contribution in [0.4, 0.5) is 0 Å². The molecule has 0 saturated carbocycles. The molecule has 0 aromatic rings. The van der Waals surface area contributed by atoms with E-state index in [0.29, 0.717) is 16.5 Å². The summed E-state index contributed by atoms with van der Waals surface area (Å²) >= 11 is 10.9. The summed E-state index contributed by atoms with van der Waals surface area (Å²) in [4.78, 5) is 0. The van der Waals surface area contributed by atoms with Crippen molar-refractivity contribution in [2.75, 3.05) is 13.2 Å². The van der Waals surface area contributed by atoms with Crippen molar-refractivity contribution >= 4 is 34.5 Å². The summed E-state index contributed by atoms with van der Waals surface area (Å²) in [7, 11) is 0. The number of aliphatic hydroxyl groups excluding tert-OH is 2. The Kier molecular flexibility index (Phi) is 29.4. The van der Waals surface area contributed by atoms with Gasteiger partial charge in [-0.1, -0.05) is 168 Å². The van der Waals surface area contributed by atoms with Crippen LogP contribution in [0, 0.1) is 0 Å². The van der Waals surface area contributed by atoms with Crippen LogP contribution in [-0.2, 0) is 14.2 Å². The van der Waals surface area contributed by atoms with Crippen molar-refractivity contribution in [1.29, 1.82) is 0 Å². The molecule has 0 aliphatic carbocycles. The van der Waals surface area contributed by atoms with E-state index >= 15 is 0 Å². The van der Waals surface area contributed by atoms with Crippen molar-refractivity contribution in [1.82, 2.24) is 0 Å². The van der Waals surface area contributed by atoms with Gasteiger partial charge in [0.05, 0.1) is 6.61 Å². The lowest BCUT2D eigenvalue weighted by molar-refractivity contribution is -0.0620. The monoisotopic (exact) mass is 672 g/mol. The third-order valence-corrected chi connectivity index (χ3v) is 9.82. The molecule has 1 rings (SSSR count). The zero-order valence-corrected chi connectivity index (χ0v) is 31.1. The number of rotatable bonds is 32. The van der Waals surface area contributed by atoms with Crippen LogP contribution in [0.5, 0.6) is 0 Å². The Hall–Kier alpha value is -0.340. The zero-order valence-electron chi connectivity index (χ0n) is 29.5. The van der Waals surface area contributed by atoms with Crippen LogP contribution in [0.3, 0.4) is 0 Å². The second-order valence-corrected chi connectivity index (χ2v) is 14.5. The molecule has 1 heterocycles. The number of unbranched alkanes of at least 4 members (excludes halogenated alkanes) is 24. The standard InChI is InChI=1S/C38H72O5S2/c1-3-5-7-9-11-13-15-17-19-21-23-25-27-29-35(44)41-31-33(39)37-38(34(40)32-42-37)43-36(45)30-28-26-24-22-20-18-16-14-12-10-8-6-4-2/h33-34,37-40H,3-32H2,1-2H3/t33-,34+,37+,38+/m0/s1. The average Bonchev–Trinajstić information content (AvgIpc) is 3.39. The van der Waals surface area contributed by atoms with Gasteiger partial charge in [0.15, 0.2) is 16.2 Å². The molecule has 0 aromatic carbocycles. The van der Waals surface area contributed by atoms with Gasteiger partial charge in [-0.2, -0.15) is 0 Å². The lowest BCUT2D eigenvalue weighted by Gasteiger charge is -2.26. The van der Waals surface area contributed by atoms with Crippen molar-refractivity contribution in [3.05, 3.63) is 0 Å². The molecular formula is C38H72O5S2.